The first-order chi connectivity index (χ1) is 13.7. The number of guanidine groups is 1. The summed E-state index contributed by atoms with van der Waals surface area (Å²) in [4.78, 5) is 28.8. The van der Waals surface area contributed by atoms with Crippen LogP contribution in [0.5, 0.6) is 0 Å². The van der Waals surface area contributed by atoms with Crippen LogP contribution in [0.25, 0.3) is 0 Å². The minimum atomic E-state index is -1.48. The Morgan fingerprint density at radius 3 is 2.45 bits per heavy atom. The Kier molecular flexibility index (Phi) is 6.33. The zero-order valence-corrected chi connectivity index (χ0v) is 15.1. The number of H-pyrrole nitrogens is 1. The van der Waals surface area contributed by atoms with Crippen LogP contribution < -0.4 is 22.7 Å². The number of rotatable bonds is 6. The van der Waals surface area contributed by atoms with Crippen molar-refractivity contribution >= 4 is 5.96 Å². The highest BCUT2D eigenvalue weighted by Gasteiger charge is 2.47. The Morgan fingerprint density at radius 2 is 1.79 bits per heavy atom. The average molecular weight is 417 g/mol. The number of aromatic nitrogens is 2. The molecule has 0 aromatic carbocycles. The van der Waals surface area contributed by atoms with Crippen LogP contribution in [0.15, 0.2) is 26.8 Å². The van der Waals surface area contributed by atoms with Crippen LogP contribution in [0.1, 0.15) is 6.23 Å². The SMILES string of the molecule is NC(N)=NC[C@H]1O[C@@H](OC[C@H]2O[C@@H](n3ccc(=O)[nH]c3=O)[C@H](O)[C@@H]2O)[C@H](O)[C@@H]1O. The Balaban J connectivity index is 1.61. The zero-order chi connectivity index (χ0) is 21.3. The fraction of sp³-hybridized carbons (Fsp3) is 0.667. The summed E-state index contributed by atoms with van der Waals surface area (Å²) in [7, 11) is 0. The number of aromatic amines is 1. The predicted octanol–water partition coefficient (Wildman–Crippen LogP) is -5.11. The van der Waals surface area contributed by atoms with Crippen molar-refractivity contribution in [2.24, 2.45) is 16.5 Å². The molecule has 8 atom stereocenters. The van der Waals surface area contributed by atoms with E-state index in [1.54, 1.807) is 0 Å². The molecular formula is C15H23N5O9. The Morgan fingerprint density at radius 1 is 1.10 bits per heavy atom. The Labute approximate surface area is 162 Å². The molecule has 0 amide bonds. The molecule has 3 heterocycles. The topological polar surface area (TPSA) is 228 Å². The normalized spacial score (nSPS) is 37.0. The maximum absolute atomic E-state index is 11.9. The molecule has 29 heavy (non-hydrogen) atoms. The van der Waals surface area contributed by atoms with Crippen molar-refractivity contribution in [1.82, 2.24) is 9.55 Å². The smallest absolute Gasteiger partial charge is 0.330 e. The number of aliphatic hydroxyl groups excluding tert-OH is 4. The fourth-order valence-electron chi connectivity index (χ4n) is 3.11. The van der Waals surface area contributed by atoms with Gasteiger partial charge < -0.3 is 46.1 Å². The standard InChI is InChI=1S/C15H23N5O9/c16-14(17)18-3-5-8(22)11(25)13(29-5)27-4-6-9(23)10(24)12(28-6)20-2-1-7(21)19-15(20)26/h1-2,5-6,8-13,22-25H,3-4H2,(H4,16,17,18)(H,19,21,26)/t5-,6-,8-,9-,10-,11-,12-,13-/m1/s1. The van der Waals surface area contributed by atoms with Crippen LogP contribution in [0.2, 0.25) is 0 Å². The maximum atomic E-state index is 11.9. The van der Waals surface area contributed by atoms with Gasteiger partial charge in [0, 0.05) is 12.3 Å². The van der Waals surface area contributed by atoms with E-state index in [0.29, 0.717) is 0 Å². The number of hydrogen-bond acceptors (Lipinski definition) is 10. The van der Waals surface area contributed by atoms with E-state index in [-0.39, 0.29) is 19.1 Å². The van der Waals surface area contributed by atoms with Crippen molar-refractivity contribution in [2.75, 3.05) is 13.2 Å². The summed E-state index contributed by atoms with van der Waals surface area (Å²) >= 11 is 0. The van der Waals surface area contributed by atoms with Gasteiger partial charge in [-0.05, 0) is 0 Å². The van der Waals surface area contributed by atoms with Gasteiger partial charge in [0.05, 0.1) is 13.2 Å². The third-order valence-electron chi connectivity index (χ3n) is 4.66. The first-order valence-electron chi connectivity index (χ1n) is 8.70. The van der Waals surface area contributed by atoms with Gasteiger partial charge in [-0.25, -0.2) is 4.79 Å². The van der Waals surface area contributed by atoms with E-state index in [4.69, 9.17) is 25.7 Å². The van der Waals surface area contributed by atoms with Crippen molar-refractivity contribution < 1.29 is 34.6 Å². The van der Waals surface area contributed by atoms with E-state index in [9.17, 15) is 30.0 Å². The number of ether oxygens (including phenoxy) is 3. The summed E-state index contributed by atoms with van der Waals surface area (Å²) in [6.45, 7) is -0.435. The summed E-state index contributed by atoms with van der Waals surface area (Å²) in [6, 6.07) is 1.06. The maximum Gasteiger partial charge on any atom is 0.330 e. The molecule has 14 nitrogen and oxygen atoms in total. The van der Waals surface area contributed by atoms with Crippen LogP contribution in [0.4, 0.5) is 0 Å². The second-order valence-electron chi connectivity index (χ2n) is 6.69. The van der Waals surface area contributed by atoms with Crippen molar-refractivity contribution in [2.45, 2.75) is 49.1 Å². The third-order valence-corrected chi connectivity index (χ3v) is 4.66. The molecule has 0 saturated carbocycles. The summed E-state index contributed by atoms with van der Waals surface area (Å²) in [5.74, 6) is -0.209. The predicted molar refractivity (Wildman–Crippen MR) is 94.5 cm³/mol. The van der Waals surface area contributed by atoms with Gasteiger partial charge in [-0.2, -0.15) is 0 Å². The molecule has 1 aromatic heterocycles. The van der Waals surface area contributed by atoms with Crippen LogP contribution in [0, 0.1) is 0 Å². The summed E-state index contributed by atoms with van der Waals surface area (Å²) < 4.78 is 17.1. The molecule has 2 aliphatic heterocycles. The average Bonchev–Trinajstić information content (AvgIpc) is 3.09. The second kappa shape index (κ2) is 8.58. The lowest BCUT2D eigenvalue weighted by molar-refractivity contribution is -0.187. The Bertz CT molecular complexity index is 853. The lowest BCUT2D eigenvalue weighted by Gasteiger charge is -2.20. The minimum absolute atomic E-state index is 0.0983. The van der Waals surface area contributed by atoms with Gasteiger partial charge in [-0.1, -0.05) is 0 Å². The molecule has 9 N–H and O–H groups in total. The van der Waals surface area contributed by atoms with Gasteiger partial charge in [0.1, 0.15) is 36.6 Å². The molecule has 1 aromatic rings. The molecule has 162 valence electrons. The zero-order valence-electron chi connectivity index (χ0n) is 15.1. The molecule has 0 radical (unpaired) electrons. The van der Waals surface area contributed by atoms with E-state index in [2.05, 4.69) is 4.99 Å². The van der Waals surface area contributed by atoms with Crippen LogP contribution in [-0.4, -0.2) is 92.0 Å². The highest BCUT2D eigenvalue weighted by atomic mass is 16.7. The molecule has 2 aliphatic rings. The van der Waals surface area contributed by atoms with Crippen molar-refractivity contribution in [3.63, 3.8) is 0 Å². The van der Waals surface area contributed by atoms with Gasteiger partial charge in [-0.15, -0.1) is 0 Å². The molecule has 0 aliphatic carbocycles. The molecule has 0 spiro atoms. The number of nitrogens with zero attached hydrogens (tertiary/aromatic N) is 2. The van der Waals surface area contributed by atoms with Gasteiger partial charge >= 0.3 is 5.69 Å². The quantitative estimate of drug-likeness (QED) is 0.171. The van der Waals surface area contributed by atoms with E-state index < -0.39 is 60.4 Å². The van der Waals surface area contributed by atoms with Crippen LogP contribution in [-0.2, 0) is 14.2 Å². The van der Waals surface area contributed by atoms with Crippen molar-refractivity contribution in [1.29, 1.82) is 0 Å². The van der Waals surface area contributed by atoms with Crippen LogP contribution in [0.3, 0.4) is 0 Å². The third kappa shape index (κ3) is 4.48. The number of aliphatic imine (C=N–C) groups is 1. The highest BCUT2D eigenvalue weighted by molar-refractivity contribution is 5.75. The lowest BCUT2D eigenvalue weighted by atomic mass is 10.1. The van der Waals surface area contributed by atoms with Gasteiger partial charge in [-0.3, -0.25) is 19.3 Å². The van der Waals surface area contributed by atoms with Crippen LogP contribution >= 0.6 is 0 Å². The molecule has 2 saturated heterocycles. The van der Waals surface area contributed by atoms with E-state index in [1.165, 1.54) is 0 Å². The molecule has 14 heteroatoms. The fourth-order valence-corrected chi connectivity index (χ4v) is 3.11. The van der Waals surface area contributed by atoms with Crippen molar-refractivity contribution in [3.8, 4) is 0 Å². The number of nitrogens with one attached hydrogen (secondary N) is 1. The summed E-state index contributed by atoms with van der Waals surface area (Å²) in [5, 5.41) is 40.4. The molecule has 0 unspecified atom stereocenters. The number of hydrogen-bond donors (Lipinski definition) is 7. The first-order valence-corrected chi connectivity index (χ1v) is 8.70. The van der Waals surface area contributed by atoms with Gasteiger partial charge in [0.15, 0.2) is 18.5 Å². The monoisotopic (exact) mass is 417 g/mol. The van der Waals surface area contributed by atoms with Gasteiger partial charge in [0.2, 0.25) is 0 Å². The van der Waals surface area contributed by atoms with Gasteiger partial charge in [0.25, 0.3) is 5.56 Å². The molecule has 2 fully saturated rings. The first kappa shape index (κ1) is 21.4. The number of nitrogens with two attached hydrogens (primary N) is 2. The van der Waals surface area contributed by atoms with E-state index in [1.807, 2.05) is 4.98 Å². The van der Waals surface area contributed by atoms with E-state index in [0.717, 1.165) is 16.8 Å². The molecule has 0 bridgehead atoms. The molecule has 3 rings (SSSR count). The Hall–Kier alpha value is -2.33. The lowest BCUT2D eigenvalue weighted by Crippen LogP contribution is -2.38. The minimum Gasteiger partial charge on any atom is -0.387 e. The second-order valence-corrected chi connectivity index (χ2v) is 6.69. The largest absolute Gasteiger partial charge is 0.387 e. The number of aliphatic hydroxyl groups is 4. The summed E-state index contributed by atoms with van der Waals surface area (Å²) in [5.41, 5.74) is 8.99. The van der Waals surface area contributed by atoms with E-state index >= 15 is 0 Å². The highest BCUT2D eigenvalue weighted by Crippen LogP contribution is 2.30. The molecular weight excluding hydrogens is 394 g/mol. The van der Waals surface area contributed by atoms with Crippen molar-refractivity contribution in [3.05, 3.63) is 33.1 Å². The summed E-state index contributed by atoms with van der Waals surface area (Å²) in [6.07, 6.45) is -9.03.